The van der Waals surface area contributed by atoms with Crippen molar-refractivity contribution in [1.82, 2.24) is 14.8 Å². The Morgan fingerprint density at radius 1 is 1.05 bits per heavy atom. The van der Waals surface area contributed by atoms with Crippen LogP contribution in [0.15, 0.2) is 60.8 Å². The molecular formula is C28H25N3O6. The van der Waals surface area contributed by atoms with Crippen molar-refractivity contribution in [3.05, 3.63) is 83.2 Å². The third kappa shape index (κ3) is 3.69. The van der Waals surface area contributed by atoms with Crippen molar-refractivity contribution in [2.24, 2.45) is 0 Å². The Bertz CT molecular complexity index is 1410. The highest BCUT2D eigenvalue weighted by molar-refractivity contribution is 6.03. The average Bonchev–Trinajstić information content (AvgIpc) is 3.41. The van der Waals surface area contributed by atoms with Crippen LogP contribution in [-0.4, -0.2) is 71.5 Å². The molecule has 1 aromatic heterocycles. The van der Waals surface area contributed by atoms with E-state index in [0.717, 1.165) is 5.56 Å². The molecule has 3 atom stereocenters. The third-order valence-corrected chi connectivity index (χ3v) is 7.34. The zero-order valence-electron chi connectivity index (χ0n) is 20.4. The van der Waals surface area contributed by atoms with Crippen molar-refractivity contribution in [3.8, 4) is 17.2 Å². The number of nitrogens with zero attached hydrogens (tertiary/aromatic N) is 3. The van der Waals surface area contributed by atoms with E-state index in [-0.39, 0.29) is 43.4 Å². The van der Waals surface area contributed by atoms with Gasteiger partial charge in [-0.2, -0.15) is 0 Å². The highest BCUT2D eigenvalue weighted by Gasteiger charge is 2.49. The fraction of sp³-hybridized carbons (Fsp3) is 0.286. The van der Waals surface area contributed by atoms with Gasteiger partial charge in [-0.3, -0.25) is 19.4 Å². The fourth-order valence-electron chi connectivity index (χ4n) is 5.63. The molecule has 6 rings (SSSR count). The Balaban J connectivity index is 1.47. The van der Waals surface area contributed by atoms with Crippen molar-refractivity contribution in [3.63, 3.8) is 0 Å². The van der Waals surface area contributed by atoms with Gasteiger partial charge in [0.1, 0.15) is 6.04 Å². The topological polar surface area (TPSA) is 98.3 Å². The SMILES string of the molecule is COc1cc([C@H]2c3ncccc3C(=O)N3C[C@H](C(=O)c4ccccc4)N(C(C)=O)C[C@H]23)cc2c1OCO2. The van der Waals surface area contributed by atoms with Gasteiger partial charge in [0.25, 0.3) is 5.91 Å². The number of amides is 2. The maximum absolute atomic E-state index is 13.7. The number of methoxy groups -OCH3 is 1. The number of ether oxygens (including phenoxy) is 3. The second-order valence-corrected chi connectivity index (χ2v) is 9.31. The smallest absolute Gasteiger partial charge is 0.256 e. The molecule has 3 aliphatic rings. The Morgan fingerprint density at radius 3 is 2.62 bits per heavy atom. The largest absolute Gasteiger partial charge is 0.493 e. The molecule has 1 fully saturated rings. The molecule has 37 heavy (non-hydrogen) atoms. The lowest BCUT2D eigenvalue weighted by Crippen LogP contribution is -2.66. The quantitative estimate of drug-likeness (QED) is 0.509. The molecule has 3 aromatic rings. The second-order valence-electron chi connectivity index (χ2n) is 9.31. The second kappa shape index (κ2) is 8.92. The monoisotopic (exact) mass is 499 g/mol. The number of carbonyl (C=O) groups excluding carboxylic acids is 3. The predicted molar refractivity (Wildman–Crippen MR) is 132 cm³/mol. The molecule has 4 heterocycles. The molecule has 0 bridgehead atoms. The number of benzene rings is 2. The number of rotatable bonds is 4. The summed E-state index contributed by atoms with van der Waals surface area (Å²) in [5, 5.41) is 0. The first-order valence-electron chi connectivity index (χ1n) is 12.1. The van der Waals surface area contributed by atoms with Crippen LogP contribution in [0.2, 0.25) is 0 Å². The van der Waals surface area contributed by atoms with Gasteiger partial charge in [0, 0.05) is 37.7 Å². The van der Waals surface area contributed by atoms with Gasteiger partial charge in [-0.1, -0.05) is 30.3 Å². The lowest BCUT2D eigenvalue weighted by Gasteiger charge is -2.50. The lowest BCUT2D eigenvalue weighted by atomic mass is 9.79. The van der Waals surface area contributed by atoms with E-state index in [0.29, 0.717) is 34.1 Å². The zero-order valence-corrected chi connectivity index (χ0v) is 20.4. The van der Waals surface area contributed by atoms with Crippen LogP contribution in [0.1, 0.15) is 44.8 Å². The van der Waals surface area contributed by atoms with Crippen LogP contribution in [0.25, 0.3) is 0 Å². The van der Waals surface area contributed by atoms with Crippen molar-refractivity contribution in [1.29, 1.82) is 0 Å². The first-order valence-corrected chi connectivity index (χ1v) is 12.1. The summed E-state index contributed by atoms with van der Waals surface area (Å²) in [5.74, 6) is 0.585. The molecule has 0 unspecified atom stereocenters. The van der Waals surface area contributed by atoms with Gasteiger partial charge in [0.05, 0.1) is 24.4 Å². The molecule has 9 heteroatoms. The summed E-state index contributed by atoms with van der Waals surface area (Å²) < 4.78 is 16.8. The fourth-order valence-corrected chi connectivity index (χ4v) is 5.63. The van der Waals surface area contributed by atoms with Gasteiger partial charge in [-0.25, -0.2) is 0 Å². The van der Waals surface area contributed by atoms with Crippen molar-refractivity contribution < 1.29 is 28.6 Å². The van der Waals surface area contributed by atoms with Crippen LogP contribution in [0.3, 0.4) is 0 Å². The van der Waals surface area contributed by atoms with Crippen molar-refractivity contribution in [2.75, 3.05) is 27.0 Å². The van der Waals surface area contributed by atoms with Crippen LogP contribution in [-0.2, 0) is 4.79 Å². The summed E-state index contributed by atoms with van der Waals surface area (Å²) in [6.07, 6.45) is 1.66. The van der Waals surface area contributed by atoms with Crippen LogP contribution in [0.4, 0.5) is 0 Å². The minimum atomic E-state index is -0.787. The average molecular weight is 500 g/mol. The van der Waals surface area contributed by atoms with Crippen molar-refractivity contribution >= 4 is 17.6 Å². The zero-order chi connectivity index (χ0) is 25.7. The first-order chi connectivity index (χ1) is 18.0. The van der Waals surface area contributed by atoms with E-state index in [9.17, 15) is 14.4 Å². The minimum Gasteiger partial charge on any atom is -0.493 e. The Morgan fingerprint density at radius 2 is 1.86 bits per heavy atom. The molecule has 0 saturated carbocycles. The van der Waals surface area contributed by atoms with E-state index in [1.165, 1.54) is 6.92 Å². The van der Waals surface area contributed by atoms with Gasteiger partial charge in [-0.15, -0.1) is 0 Å². The first kappa shape index (κ1) is 23.0. The van der Waals surface area contributed by atoms with E-state index in [1.807, 2.05) is 18.2 Å². The predicted octanol–water partition coefficient (Wildman–Crippen LogP) is 2.89. The van der Waals surface area contributed by atoms with Crippen molar-refractivity contribution in [2.45, 2.75) is 24.9 Å². The van der Waals surface area contributed by atoms with Gasteiger partial charge in [0.2, 0.25) is 18.4 Å². The van der Waals surface area contributed by atoms with Crippen LogP contribution >= 0.6 is 0 Å². The molecule has 3 aliphatic heterocycles. The maximum atomic E-state index is 13.7. The molecule has 0 spiro atoms. The van der Waals surface area contributed by atoms with E-state index in [4.69, 9.17) is 14.2 Å². The number of piperazine rings is 1. The number of hydrogen-bond donors (Lipinski definition) is 0. The molecule has 0 aliphatic carbocycles. The Kier molecular flexibility index (Phi) is 5.55. The number of aromatic nitrogens is 1. The summed E-state index contributed by atoms with van der Waals surface area (Å²) in [6, 6.07) is 14.9. The number of fused-ring (bicyclic) bond motifs is 3. The Labute approximate surface area is 213 Å². The number of pyridine rings is 1. The summed E-state index contributed by atoms with van der Waals surface area (Å²) in [7, 11) is 1.56. The molecule has 2 amide bonds. The molecule has 1 saturated heterocycles. The minimum absolute atomic E-state index is 0.0866. The molecule has 188 valence electrons. The summed E-state index contributed by atoms with van der Waals surface area (Å²) in [6.45, 7) is 1.81. The van der Waals surface area contributed by atoms with E-state index in [1.54, 1.807) is 59.5 Å². The number of ketones is 1. The van der Waals surface area contributed by atoms with Gasteiger partial charge >= 0.3 is 0 Å². The third-order valence-electron chi connectivity index (χ3n) is 7.34. The van der Waals surface area contributed by atoms with E-state index in [2.05, 4.69) is 4.98 Å². The van der Waals surface area contributed by atoms with Gasteiger partial charge < -0.3 is 24.0 Å². The van der Waals surface area contributed by atoms with E-state index >= 15 is 0 Å². The molecule has 2 aromatic carbocycles. The molecule has 0 N–H and O–H groups in total. The molecule has 0 radical (unpaired) electrons. The van der Waals surface area contributed by atoms with Crippen LogP contribution < -0.4 is 14.2 Å². The molecular weight excluding hydrogens is 474 g/mol. The standard InChI is InChI=1S/C28H25N3O6/c1-16(32)30-13-20-24(18-11-22(35-2)27-23(12-18)36-15-37-27)25-19(9-6-10-29-25)28(34)31(20)14-21(30)26(33)17-7-4-3-5-8-17/h3-12,20-21,24H,13-15H2,1-2H3/t20-,21-,24-/m1/s1. The number of hydrogen-bond acceptors (Lipinski definition) is 7. The van der Waals surface area contributed by atoms with Gasteiger partial charge in [-0.05, 0) is 29.8 Å². The van der Waals surface area contributed by atoms with E-state index < -0.39 is 12.1 Å². The number of carbonyl (C=O) groups is 3. The number of Topliss-reactive ketones (excluding diaryl/α,β-unsaturated/α-hetero) is 1. The summed E-state index contributed by atoms with van der Waals surface area (Å²) in [4.78, 5) is 48.0. The van der Waals surface area contributed by atoms with Gasteiger partial charge in [0.15, 0.2) is 17.3 Å². The van der Waals surface area contributed by atoms with Crippen LogP contribution in [0, 0.1) is 0 Å². The Hall–Kier alpha value is -4.40. The molecule has 9 nitrogen and oxygen atoms in total. The lowest BCUT2D eigenvalue weighted by molar-refractivity contribution is -0.133. The highest BCUT2D eigenvalue weighted by Crippen LogP contribution is 2.47. The normalized spacial score (nSPS) is 21.8. The summed E-state index contributed by atoms with van der Waals surface area (Å²) in [5.41, 5.74) is 2.41. The highest BCUT2D eigenvalue weighted by atomic mass is 16.7. The summed E-state index contributed by atoms with van der Waals surface area (Å²) >= 11 is 0. The van der Waals surface area contributed by atoms with Crippen LogP contribution in [0.5, 0.6) is 17.2 Å². The maximum Gasteiger partial charge on any atom is 0.256 e.